The van der Waals surface area contributed by atoms with Gasteiger partial charge in [0.1, 0.15) is 10.7 Å². The number of benzene rings is 1. The van der Waals surface area contributed by atoms with Crippen LogP contribution < -0.4 is 20.7 Å². The summed E-state index contributed by atoms with van der Waals surface area (Å²) in [5, 5.41) is 0.995. The number of nitrogens with zero attached hydrogens (tertiary/aromatic N) is 4. The molecule has 0 bridgehead atoms. The van der Waals surface area contributed by atoms with Crippen molar-refractivity contribution in [3.63, 3.8) is 0 Å². The van der Waals surface area contributed by atoms with Crippen LogP contribution >= 0.6 is 0 Å². The molecule has 2 N–H and O–H groups in total. The van der Waals surface area contributed by atoms with Gasteiger partial charge in [0, 0.05) is 12.2 Å². The van der Waals surface area contributed by atoms with Crippen molar-refractivity contribution in [1.29, 1.82) is 0 Å². The van der Waals surface area contributed by atoms with Crippen LogP contribution in [0.4, 0.5) is 0 Å². The number of hydrogen-bond acceptors (Lipinski definition) is 6. The van der Waals surface area contributed by atoms with E-state index < -0.39 is 0 Å². The molecular formula is C16H8N6O2+2. The van der Waals surface area contributed by atoms with Crippen molar-refractivity contribution >= 4 is 58.5 Å². The van der Waals surface area contributed by atoms with Crippen LogP contribution in [0, 0.1) is 0 Å². The van der Waals surface area contributed by atoms with Crippen LogP contribution in [0.15, 0.2) is 12.1 Å². The first-order valence-electron chi connectivity index (χ1n) is 7.17. The predicted octanol–water partition coefficient (Wildman–Crippen LogP) is -4.26. The lowest BCUT2D eigenvalue weighted by Gasteiger charge is -2.04. The molecule has 2 aromatic heterocycles. The van der Waals surface area contributed by atoms with Crippen molar-refractivity contribution in [3.8, 4) is 0 Å². The average molecular weight is 316 g/mol. The molecule has 0 saturated heterocycles. The number of carbonyl (C=O) groups is 2. The van der Waals surface area contributed by atoms with Gasteiger partial charge in [0.25, 0.3) is 0 Å². The second-order valence-corrected chi connectivity index (χ2v) is 5.36. The topological polar surface area (TPSA) is 114 Å². The molecule has 0 radical (unpaired) electrons. The fourth-order valence-corrected chi connectivity index (χ4v) is 2.73. The molecule has 112 valence electrons. The van der Waals surface area contributed by atoms with E-state index in [1.54, 1.807) is 24.3 Å². The van der Waals surface area contributed by atoms with Gasteiger partial charge in [-0.3, -0.25) is 0 Å². The Bertz CT molecular complexity index is 1190. The van der Waals surface area contributed by atoms with Gasteiger partial charge < -0.3 is 0 Å². The minimum Gasteiger partial charge on any atom is -0.244 e. The summed E-state index contributed by atoms with van der Waals surface area (Å²) in [5.74, 6) is -0.587. The molecule has 2 aliphatic rings. The highest BCUT2D eigenvalue weighted by atomic mass is 16.2. The van der Waals surface area contributed by atoms with Crippen molar-refractivity contribution in [2.45, 2.75) is 0 Å². The Morgan fingerprint density at radius 1 is 0.625 bits per heavy atom. The SMILES string of the molecule is O=C1[NH+]=CC=c2nc3cc4nc5c(nc4cc3nc21)=CC=[NH+]C5=O. The van der Waals surface area contributed by atoms with Gasteiger partial charge in [0.05, 0.1) is 22.1 Å². The third-order valence-corrected chi connectivity index (χ3v) is 3.84. The van der Waals surface area contributed by atoms with E-state index in [2.05, 4.69) is 29.9 Å². The van der Waals surface area contributed by atoms with Crippen LogP contribution in [-0.4, -0.2) is 44.2 Å². The maximum atomic E-state index is 11.9. The highest BCUT2D eigenvalue weighted by Gasteiger charge is 2.21. The second-order valence-electron chi connectivity index (χ2n) is 5.36. The van der Waals surface area contributed by atoms with Crippen molar-refractivity contribution in [3.05, 3.63) is 34.2 Å². The number of nitrogens with one attached hydrogen (secondary N) is 2. The Morgan fingerprint density at radius 2 is 1.04 bits per heavy atom. The molecular weight excluding hydrogens is 308 g/mol. The Hall–Kier alpha value is -3.68. The molecule has 24 heavy (non-hydrogen) atoms. The van der Waals surface area contributed by atoms with E-state index in [1.165, 1.54) is 12.4 Å². The van der Waals surface area contributed by atoms with Gasteiger partial charge in [-0.25, -0.2) is 29.5 Å². The van der Waals surface area contributed by atoms with Gasteiger partial charge in [0.15, 0.2) is 12.4 Å². The lowest BCUT2D eigenvalue weighted by Crippen LogP contribution is -2.76. The van der Waals surface area contributed by atoms with Crippen LogP contribution in [0.25, 0.3) is 34.2 Å². The van der Waals surface area contributed by atoms with Gasteiger partial charge in [-0.15, -0.1) is 0 Å². The molecule has 8 nitrogen and oxygen atoms in total. The van der Waals surface area contributed by atoms with E-state index in [4.69, 9.17) is 0 Å². The lowest BCUT2D eigenvalue weighted by molar-refractivity contribution is -0.339. The van der Waals surface area contributed by atoms with E-state index in [0.717, 1.165) is 0 Å². The second kappa shape index (κ2) is 4.42. The molecule has 0 spiro atoms. The van der Waals surface area contributed by atoms with Crippen molar-refractivity contribution in [1.82, 2.24) is 19.9 Å². The summed E-state index contributed by atoms with van der Waals surface area (Å²) >= 11 is 0. The summed E-state index contributed by atoms with van der Waals surface area (Å²) in [6, 6.07) is 3.44. The third kappa shape index (κ3) is 1.73. The Kier molecular flexibility index (Phi) is 2.36. The molecule has 0 atom stereocenters. The van der Waals surface area contributed by atoms with Gasteiger partial charge in [-0.1, -0.05) is 0 Å². The summed E-state index contributed by atoms with van der Waals surface area (Å²) < 4.78 is 0. The third-order valence-electron chi connectivity index (χ3n) is 3.84. The average Bonchev–Trinajstić information content (AvgIpc) is 2.58. The van der Waals surface area contributed by atoms with Crippen LogP contribution in [0.2, 0.25) is 0 Å². The number of amides is 2. The predicted molar refractivity (Wildman–Crippen MR) is 83.5 cm³/mol. The molecule has 3 aromatic rings. The van der Waals surface area contributed by atoms with Gasteiger partial charge in [-0.2, -0.15) is 9.98 Å². The summed E-state index contributed by atoms with van der Waals surface area (Å²) in [5.41, 5.74) is 2.81. The molecule has 0 unspecified atom stereocenters. The molecule has 1 aromatic carbocycles. The van der Waals surface area contributed by atoms with E-state index in [0.29, 0.717) is 32.8 Å². The largest absolute Gasteiger partial charge is 0.438 e. The quantitative estimate of drug-likeness (QED) is 0.406. The number of carbonyl (C=O) groups excluding carboxylic acids is 2. The zero-order valence-corrected chi connectivity index (χ0v) is 12.1. The Labute approximate surface area is 133 Å². The minimum absolute atomic E-state index is 0.273. The number of aromatic nitrogens is 4. The summed E-state index contributed by atoms with van der Waals surface area (Å²) in [6.07, 6.45) is 6.42. The van der Waals surface area contributed by atoms with E-state index in [-0.39, 0.29) is 23.2 Å². The monoisotopic (exact) mass is 316 g/mol. The van der Waals surface area contributed by atoms with Crippen molar-refractivity contribution in [2.75, 3.05) is 0 Å². The van der Waals surface area contributed by atoms with Crippen LogP contribution in [0.5, 0.6) is 0 Å². The highest BCUT2D eigenvalue weighted by Crippen LogP contribution is 2.15. The molecule has 0 aliphatic carbocycles. The summed E-state index contributed by atoms with van der Waals surface area (Å²) in [6.45, 7) is 0. The summed E-state index contributed by atoms with van der Waals surface area (Å²) in [4.78, 5) is 46.6. The first-order valence-corrected chi connectivity index (χ1v) is 7.17. The van der Waals surface area contributed by atoms with E-state index in [1.807, 2.05) is 0 Å². The highest BCUT2D eigenvalue weighted by molar-refractivity contribution is 6.01. The van der Waals surface area contributed by atoms with Crippen LogP contribution in [0.3, 0.4) is 0 Å². The standard InChI is InChI=1S/C16H6N6O2/c23-15-13-7(1-3-17-15)19-9-5-12-10(6-11(9)21-13)20-8-2-4-18-16(24)14(8)22-12/h1-6H/p+2. The number of fused-ring (bicyclic) bond motifs is 4. The van der Waals surface area contributed by atoms with E-state index in [9.17, 15) is 9.59 Å². The smallest absolute Gasteiger partial charge is 0.244 e. The molecule has 2 amide bonds. The molecule has 0 fully saturated rings. The Morgan fingerprint density at radius 3 is 1.50 bits per heavy atom. The molecule has 2 aliphatic heterocycles. The maximum Gasteiger partial charge on any atom is 0.438 e. The summed E-state index contributed by atoms with van der Waals surface area (Å²) in [7, 11) is 0. The zero-order valence-electron chi connectivity index (χ0n) is 12.1. The van der Waals surface area contributed by atoms with Crippen molar-refractivity contribution < 1.29 is 19.6 Å². The molecule has 4 heterocycles. The van der Waals surface area contributed by atoms with Gasteiger partial charge in [0.2, 0.25) is 11.4 Å². The zero-order chi connectivity index (χ0) is 16.3. The fourth-order valence-electron chi connectivity index (χ4n) is 2.73. The maximum absolute atomic E-state index is 11.9. The lowest BCUT2D eigenvalue weighted by atomic mass is 10.2. The first kappa shape index (κ1) is 12.8. The van der Waals surface area contributed by atoms with Crippen molar-refractivity contribution in [2.24, 2.45) is 0 Å². The normalized spacial score (nSPS) is 15.2. The first-order chi connectivity index (χ1) is 11.7. The van der Waals surface area contributed by atoms with Gasteiger partial charge >= 0.3 is 11.8 Å². The number of rotatable bonds is 0. The fraction of sp³-hybridized carbons (Fsp3) is 0. The van der Waals surface area contributed by atoms with E-state index >= 15 is 0 Å². The Balaban J connectivity index is 1.88. The molecule has 8 heteroatoms. The van der Waals surface area contributed by atoms with Gasteiger partial charge in [-0.05, 0) is 12.1 Å². The van der Waals surface area contributed by atoms with Crippen LogP contribution in [0.1, 0.15) is 21.0 Å². The number of hydrogen-bond donors (Lipinski definition) is 2. The van der Waals surface area contributed by atoms with Crippen LogP contribution in [-0.2, 0) is 0 Å². The molecule has 0 saturated carbocycles. The molecule has 5 rings (SSSR count). The minimum atomic E-state index is -0.293.